The van der Waals surface area contributed by atoms with Crippen molar-refractivity contribution in [2.24, 2.45) is 4.99 Å². The molecule has 0 aliphatic rings. The third-order valence-corrected chi connectivity index (χ3v) is 4.57. The van der Waals surface area contributed by atoms with Gasteiger partial charge in [0, 0.05) is 48.4 Å². The van der Waals surface area contributed by atoms with Crippen LogP contribution in [0.1, 0.15) is 5.89 Å². The molecule has 0 radical (unpaired) electrons. The molecule has 2 aromatic carbocycles. The molecule has 32 heavy (non-hydrogen) atoms. The Kier molecular flexibility index (Phi) is 9.85. The second kappa shape index (κ2) is 12.3. The van der Waals surface area contributed by atoms with Crippen molar-refractivity contribution in [3.63, 3.8) is 0 Å². The largest absolute Gasteiger partial charge is 0.493 e. The van der Waals surface area contributed by atoms with Gasteiger partial charge in [-0.15, -0.1) is 24.0 Å². The highest BCUT2D eigenvalue weighted by Crippen LogP contribution is 2.39. The summed E-state index contributed by atoms with van der Waals surface area (Å²) in [4.78, 5) is 8.64. The van der Waals surface area contributed by atoms with Crippen molar-refractivity contribution in [3.05, 3.63) is 47.3 Å². The zero-order chi connectivity index (χ0) is 22.2. The second-order valence-corrected chi connectivity index (χ2v) is 6.75. The van der Waals surface area contributed by atoms with Crippen LogP contribution in [0.4, 0.5) is 5.69 Å². The van der Waals surface area contributed by atoms with Gasteiger partial charge < -0.3 is 29.4 Å². The first kappa shape index (κ1) is 25.5. The van der Waals surface area contributed by atoms with Crippen LogP contribution in [0.2, 0.25) is 5.02 Å². The van der Waals surface area contributed by atoms with Crippen molar-refractivity contribution in [2.75, 3.05) is 40.2 Å². The summed E-state index contributed by atoms with van der Waals surface area (Å²) >= 11 is 6.02. The molecule has 0 spiro atoms. The minimum atomic E-state index is 0. The first-order chi connectivity index (χ1) is 15.1. The molecule has 0 amide bonds. The number of hydrogen-bond acceptors (Lipinski definition) is 7. The summed E-state index contributed by atoms with van der Waals surface area (Å²) in [6, 6.07) is 10.9. The van der Waals surface area contributed by atoms with Crippen LogP contribution in [0.15, 0.2) is 45.9 Å². The molecule has 11 heteroatoms. The molecule has 0 aliphatic carbocycles. The molecule has 172 valence electrons. The molecule has 0 atom stereocenters. The van der Waals surface area contributed by atoms with Gasteiger partial charge in [-0.25, -0.2) is 0 Å². The Labute approximate surface area is 208 Å². The van der Waals surface area contributed by atoms with Crippen molar-refractivity contribution >= 4 is 47.2 Å². The van der Waals surface area contributed by atoms with Gasteiger partial charge in [0.05, 0.1) is 21.3 Å². The first-order valence-corrected chi connectivity index (χ1v) is 9.82. The van der Waals surface area contributed by atoms with Gasteiger partial charge in [0.1, 0.15) is 0 Å². The number of benzene rings is 2. The van der Waals surface area contributed by atoms with Crippen molar-refractivity contribution in [3.8, 4) is 28.6 Å². The van der Waals surface area contributed by atoms with Crippen molar-refractivity contribution < 1.29 is 18.7 Å². The molecule has 1 aromatic heterocycles. The number of hydrogen-bond donors (Lipinski definition) is 2. The van der Waals surface area contributed by atoms with E-state index < -0.39 is 0 Å². The van der Waals surface area contributed by atoms with E-state index in [-0.39, 0.29) is 24.0 Å². The van der Waals surface area contributed by atoms with Crippen molar-refractivity contribution in [1.29, 1.82) is 0 Å². The number of aromatic nitrogens is 2. The quantitative estimate of drug-likeness (QED) is 0.234. The molecule has 0 fully saturated rings. The third-order valence-electron chi connectivity index (χ3n) is 4.33. The monoisotopic (exact) mass is 573 g/mol. The number of halogens is 2. The smallest absolute Gasteiger partial charge is 0.228 e. The van der Waals surface area contributed by atoms with Crippen molar-refractivity contribution in [1.82, 2.24) is 15.5 Å². The molecule has 0 aliphatic heterocycles. The highest BCUT2D eigenvalue weighted by atomic mass is 127. The number of ether oxygens (including phenoxy) is 3. The summed E-state index contributed by atoms with van der Waals surface area (Å²) in [7, 11) is 6.37. The zero-order valence-electron chi connectivity index (χ0n) is 18.1. The minimum absolute atomic E-state index is 0. The molecule has 3 aromatic rings. The predicted octanol–water partition coefficient (Wildman–Crippen LogP) is 4.26. The maximum absolute atomic E-state index is 6.02. The van der Waals surface area contributed by atoms with Crippen molar-refractivity contribution in [2.45, 2.75) is 6.42 Å². The van der Waals surface area contributed by atoms with E-state index in [1.165, 1.54) is 0 Å². The number of rotatable bonds is 8. The van der Waals surface area contributed by atoms with Crippen LogP contribution >= 0.6 is 35.6 Å². The lowest BCUT2D eigenvalue weighted by atomic mass is 10.2. The van der Waals surface area contributed by atoms with Crippen LogP contribution in [0.5, 0.6) is 17.2 Å². The lowest BCUT2D eigenvalue weighted by molar-refractivity contribution is 0.324. The van der Waals surface area contributed by atoms with E-state index in [2.05, 4.69) is 25.8 Å². The van der Waals surface area contributed by atoms with E-state index in [1.807, 2.05) is 12.1 Å². The lowest BCUT2D eigenvalue weighted by Crippen LogP contribution is -2.32. The third kappa shape index (κ3) is 6.39. The second-order valence-electron chi connectivity index (χ2n) is 6.31. The van der Waals surface area contributed by atoms with E-state index in [1.54, 1.807) is 52.6 Å². The summed E-state index contributed by atoms with van der Waals surface area (Å²) in [5, 5.41) is 11.0. The Bertz CT molecular complexity index is 1040. The average Bonchev–Trinajstić information content (AvgIpc) is 3.26. The van der Waals surface area contributed by atoms with E-state index in [0.29, 0.717) is 52.9 Å². The zero-order valence-corrected chi connectivity index (χ0v) is 21.2. The van der Waals surface area contributed by atoms with Gasteiger partial charge in [0.25, 0.3) is 0 Å². The van der Waals surface area contributed by atoms with E-state index in [0.717, 1.165) is 11.3 Å². The van der Waals surface area contributed by atoms with Crippen LogP contribution in [0.3, 0.4) is 0 Å². The van der Waals surface area contributed by atoms with Crippen LogP contribution < -0.4 is 24.8 Å². The van der Waals surface area contributed by atoms with Gasteiger partial charge >= 0.3 is 0 Å². The molecule has 2 N–H and O–H groups in total. The Morgan fingerprint density at radius 1 is 1.09 bits per heavy atom. The number of aliphatic imine (C=N–C) groups is 1. The van der Waals surface area contributed by atoms with Gasteiger partial charge in [-0.2, -0.15) is 4.98 Å². The average molecular weight is 574 g/mol. The van der Waals surface area contributed by atoms with Crippen LogP contribution in [0, 0.1) is 0 Å². The Morgan fingerprint density at radius 3 is 2.41 bits per heavy atom. The van der Waals surface area contributed by atoms with Gasteiger partial charge in [0.15, 0.2) is 17.5 Å². The van der Waals surface area contributed by atoms with E-state index >= 15 is 0 Å². The van der Waals surface area contributed by atoms with Gasteiger partial charge in [-0.05, 0) is 12.1 Å². The molecule has 0 unspecified atom stereocenters. The number of anilines is 1. The summed E-state index contributed by atoms with van der Waals surface area (Å²) in [5.74, 6) is 3.16. The molecule has 0 saturated carbocycles. The molecule has 0 bridgehead atoms. The fourth-order valence-corrected chi connectivity index (χ4v) is 3.05. The van der Waals surface area contributed by atoms with Gasteiger partial charge in [-0.1, -0.05) is 28.9 Å². The Hall–Kier alpha value is -2.73. The number of nitrogens with zero attached hydrogens (tertiary/aromatic N) is 3. The number of guanidine groups is 1. The molecule has 3 rings (SSSR count). The van der Waals surface area contributed by atoms with E-state index in [9.17, 15) is 0 Å². The Balaban J connectivity index is 0.00000363. The topological polar surface area (TPSA) is 103 Å². The SMILES string of the molecule is CN=C(NCCc1nc(-c2cccc(Cl)c2)no1)Nc1cc(OC)c(OC)c(OC)c1.I. The standard InChI is InChI=1S/C21H24ClN5O4.HI/c1-23-21(25-15-11-16(28-2)19(30-4)17(12-15)29-3)24-9-8-18-26-20(27-31-18)13-6-5-7-14(22)10-13;/h5-7,10-12H,8-9H2,1-4H3,(H2,23,24,25);1H. The maximum atomic E-state index is 6.02. The fraction of sp³-hybridized carbons (Fsp3) is 0.286. The lowest BCUT2D eigenvalue weighted by Gasteiger charge is -2.16. The van der Waals surface area contributed by atoms with Crippen LogP contribution in [-0.2, 0) is 6.42 Å². The molecule has 1 heterocycles. The van der Waals surface area contributed by atoms with Gasteiger partial charge in [-0.3, -0.25) is 4.99 Å². The Morgan fingerprint density at radius 2 is 1.81 bits per heavy atom. The normalized spacial score (nSPS) is 10.8. The minimum Gasteiger partial charge on any atom is -0.493 e. The van der Waals surface area contributed by atoms with Gasteiger partial charge in [0.2, 0.25) is 17.5 Å². The summed E-state index contributed by atoms with van der Waals surface area (Å²) in [6.07, 6.45) is 0.517. The summed E-state index contributed by atoms with van der Waals surface area (Å²) in [5.41, 5.74) is 1.53. The first-order valence-electron chi connectivity index (χ1n) is 9.44. The maximum Gasteiger partial charge on any atom is 0.228 e. The van der Waals surface area contributed by atoms with E-state index in [4.69, 9.17) is 30.3 Å². The highest BCUT2D eigenvalue weighted by Gasteiger charge is 2.14. The molecular formula is C21H25ClIN5O4. The highest BCUT2D eigenvalue weighted by molar-refractivity contribution is 14.0. The molecule has 0 saturated heterocycles. The molecular weight excluding hydrogens is 549 g/mol. The number of methoxy groups -OCH3 is 3. The predicted molar refractivity (Wildman–Crippen MR) is 135 cm³/mol. The number of nitrogens with one attached hydrogen (secondary N) is 2. The fourth-order valence-electron chi connectivity index (χ4n) is 2.86. The summed E-state index contributed by atoms with van der Waals surface area (Å²) < 4.78 is 21.4. The van der Waals surface area contributed by atoms with Crippen LogP contribution in [-0.4, -0.2) is 51.0 Å². The molecule has 9 nitrogen and oxygen atoms in total. The summed E-state index contributed by atoms with van der Waals surface area (Å²) in [6.45, 7) is 0.529. The van der Waals surface area contributed by atoms with Crippen LogP contribution in [0.25, 0.3) is 11.4 Å².